The number of allylic oxidation sites excluding steroid dienone is 1. The number of hydrogen-bond acceptors (Lipinski definition) is 5. The van der Waals surface area contributed by atoms with E-state index in [4.69, 9.17) is 5.11 Å². The summed E-state index contributed by atoms with van der Waals surface area (Å²) in [6, 6.07) is 6.65. The third-order valence-corrected chi connectivity index (χ3v) is 8.41. The third-order valence-electron chi connectivity index (χ3n) is 7.46. The zero-order valence-electron chi connectivity index (χ0n) is 22.8. The number of Topliss-reactive ketones (excluding diaryl/α,β-unsaturated/α-hetero) is 1. The highest BCUT2D eigenvalue weighted by atomic mass is 32.1. The molecule has 0 saturated carbocycles. The van der Waals surface area contributed by atoms with Crippen molar-refractivity contribution in [3.05, 3.63) is 41.4 Å². The molecule has 1 aromatic carbocycles. The zero-order valence-corrected chi connectivity index (χ0v) is 23.6. The van der Waals surface area contributed by atoms with Gasteiger partial charge < -0.3 is 10.2 Å². The number of benzene rings is 1. The number of aromatic nitrogens is 1. The number of fused-ring (bicyclic) bond motifs is 1. The molecule has 2 aromatic rings. The summed E-state index contributed by atoms with van der Waals surface area (Å²) in [5.41, 5.74) is 1.39. The van der Waals surface area contributed by atoms with E-state index in [0.29, 0.717) is 18.3 Å². The molecule has 0 saturated heterocycles. The zero-order chi connectivity index (χ0) is 26.9. The van der Waals surface area contributed by atoms with Crippen LogP contribution in [0.15, 0.2) is 30.9 Å². The molecule has 0 amide bonds. The van der Waals surface area contributed by atoms with Crippen LogP contribution in [-0.4, -0.2) is 33.1 Å². The summed E-state index contributed by atoms with van der Waals surface area (Å²) >= 11 is 1.75. The van der Waals surface area contributed by atoms with Crippen molar-refractivity contribution >= 4 is 33.3 Å². The minimum atomic E-state index is -1.20. The van der Waals surface area contributed by atoms with Gasteiger partial charge in [-0.15, -0.1) is 17.9 Å². The molecule has 2 N–H and O–H groups in total. The molecule has 1 heterocycles. The number of aliphatic carboxylic acids is 1. The van der Waals surface area contributed by atoms with Crippen LogP contribution in [0.3, 0.4) is 0 Å². The number of carboxylic acid groups (broad SMARTS) is 1. The van der Waals surface area contributed by atoms with Crippen molar-refractivity contribution in [2.24, 2.45) is 23.2 Å². The first-order chi connectivity index (χ1) is 16.9. The van der Waals surface area contributed by atoms with Crippen molar-refractivity contribution in [2.75, 3.05) is 0 Å². The normalized spacial score (nSPS) is 15.4. The van der Waals surface area contributed by atoms with Crippen LogP contribution in [0.2, 0.25) is 0 Å². The van der Waals surface area contributed by atoms with Gasteiger partial charge in [0.25, 0.3) is 0 Å². The number of aryl methyl sites for hydroxylation is 2. The number of hydrogen-bond donors (Lipinski definition) is 2. The van der Waals surface area contributed by atoms with Gasteiger partial charge in [0.15, 0.2) is 0 Å². The van der Waals surface area contributed by atoms with Gasteiger partial charge in [-0.1, -0.05) is 65.5 Å². The second-order valence-corrected chi connectivity index (χ2v) is 12.5. The van der Waals surface area contributed by atoms with E-state index >= 15 is 0 Å². The van der Waals surface area contributed by atoms with Crippen LogP contribution in [0, 0.1) is 30.1 Å². The van der Waals surface area contributed by atoms with Crippen molar-refractivity contribution < 1.29 is 19.8 Å². The summed E-state index contributed by atoms with van der Waals surface area (Å²) in [5, 5.41) is 20.5. The molecule has 0 spiro atoms. The summed E-state index contributed by atoms with van der Waals surface area (Å²) in [7, 11) is 0. The number of ketones is 1. The molecular weight excluding hydrogens is 470 g/mol. The van der Waals surface area contributed by atoms with Gasteiger partial charge in [0.1, 0.15) is 5.78 Å². The Hall–Kier alpha value is -2.05. The van der Waals surface area contributed by atoms with E-state index in [1.165, 1.54) is 29.5 Å². The molecule has 2 rings (SSSR count). The number of aliphatic hydroxyl groups is 1. The minimum Gasteiger partial charge on any atom is -0.481 e. The Morgan fingerprint density at radius 2 is 1.81 bits per heavy atom. The number of nitrogens with zero attached hydrogens (tertiary/aromatic N) is 1. The number of thiazole rings is 1. The molecule has 1 unspecified atom stereocenters. The molecule has 36 heavy (non-hydrogen) atoms. The Morgan fingerprint density at radius 3 is 2.47 bits per heavy atom. The largest absolute Gasteiger partial charge is 0.481 e. The highest BCUT2D eigenvalue weighted by Crippen LogP contribution is 2.33. The first kappa shape index (κ1) is 30.2. The topological polar surface area (TPSA) is 87.5 Å². The summed E-state index contributed by atoms with van der Waals surface area (Å²) in [5.74, 6) is -0.360. The molecule has 1 aromatic heterocycles. The molecule has 0 aliphatic rings. The molecule has 6 heteroatoms. The van der Waals surface area contributed by atoms with Gasteiger partial charge in [0.05, 0.1) is 33.2 Å². The van der Waals surface area contributed by atoms with Crippen molar-refractivity contribution in [1.29, 1.82) is 0 Å². The number of aliphatic hydroxyl groups excluding tert-OH is 1. The van der Waals surface area contributed by atoms with Gasteiger partial charge >= 0.3 is 5.97 Å². The average molecular weight is 516 g/mol. The fraction of sp³-hybridized carbons (Fsp3) is 0.633. The van der Waals surface area contributed by atoms with Crippen molar-refractivity contribution in [3.63, 3.8) is 0 Å². The fourth-order valence-electron chi connectivity index (χ4n) is 5.08. The molecule has 0 fully saturated rings. The number of carbonyl (C=O) groups is 2. The Balaban J connectivity index is 1.75. The lowest BCUT2D eigenvalue weighted by Gasteiger charge is -2.32. The third kappa shape index (κ3) is 9.11. The van der Waals surface area contributed by atoms with E-state index in [-0.39, 0.29) is 11.7 Å². The highest BCUT2D eigenvalue weighted by molar-refractivity contribution is 7.18. The predicted octanol–water partition coefficient (Wildman–Crippen LogP) is 7.38. The van der Waals surface area contributed by atoms with E-state index < -0.39 is 23.9 Å². The fourth-order valence-corrected chi connectivity index (χ4v) is 5.89. The van der Waals surface area contributed by atoms with Gasteiger partial charge in [-0.05, 0) is 62.1 Å². The van der Waals surface area contributed by atoms with Crippen LogP contribution in [0.1, 0.15) is 89.6 Å². The first-order valence-electron chi connectivity index (χ1n) is 13.3. The van der Waals surface area contributed by atoms with E-state index in [0.717, 1.165) is 36.2 Å². The molecule has 0 bridgehead atoms. The van der Waals surface area contributed by atoms with Crippen molar-refractivity contribution in [3.8, 4) is 0 Å². The van der Waals surface area contributed by atoms with Gasteiger partial charge in [-0.2, -0.15) is 0 Å². The molecule has 4 atom stereocenters. The Labute approximate surface area is 221 Å². The first-order valence-corrected chi connectivity index (χ1v) is 14.2. The smallest absolute Gasteiger partial charge is 0.306 e. The molecule has 0 radical (unpaired) electrons. The number of rotatable bonds is 17. The summed E-state index contributed by atoms with van der Waals surface area (Å²) in [4.78, 5) is 28.8. The van der Waals surface area contributed by atoms with E-state index in [1.54, 1.807) is 31.3 Å². The molecular formula is C30H45NO4S. The maximum atomic E-state index is 13.2. The van der Waals surface area contributed by atoms with E-state index in [2.05, 4.69) is 50.5 Å². The van der Waals surface area contributed by atoms with E-state index in [1.807, 2.05) is 0 Å². The Bertz CT molecular complexity index is 1010. The lowest BCUT2D eigenvalue weighted by molar-refractivity contribution is -0.145. The maximum Gasteiger partial charge on any atom is 0.306 e. The Morgan fingerprint density at radius 1 is 1.14 bits per heavy atom. The highest BCUT2D eigenvalue weighted by Gasteiger charge is 2.40. The molecule has 5 nitrogen and oxygen atoms in total. The van der Waals surface area contributed by atoms with Crippen LogP contribution in [0.25, 0.3) is 10.2 Å². The van der Waals surface area contributed by atoms with Crippen LogP contribution < -0.4 is 0 Å². The second-order valence-electron chi connectivity index (χ2n) is 11.2. The minimum absolute atomic E-state index is 0.0673. The van der Waals surface area contributed by atoms with Crippen LogP contribution >= 0.6 is 11.3 Å². The van der Waals surface area contributed by atoms with E-state index in [9.17, 15) is 14.7 Å². The standard InChI is InChI=1S/C30H45NO4S/c1-7-10-24(29(35)30(5,6)27(32)19-28(33)34)17-21(3)13-8-11-20(2)12-9-14-23-15-16-26-25(18-23)31-22(4)36-26/h7,15-16,18,20-21,24,27,32H,1,8-14,17,19H2,2-6H3,(H,33,34)/t20?,21-,24+,27-/m0/s1. The summed E-state index contributed by atoms with van der Waals surface area (Å²) in [6.07, 6.45) is 8.26. The van der Waals surface area contributed by atoms with Gasteiger partial charge in [0.2, 0.25) is 0 Å². The second kappa shape index (κ2) is 14.0. The quantitative estimate of drug-likeness (QED) is 0.215. The van der Waals surface area contributed by atoms with Crippen LogP contribution in [-0.2, 0) is 16.0 Å². The summed E-state index contributed by atoms with van der Waals surface area (Å²) in [6.45, 7) is 13.7. The number of carboxylic acids is 1. The van der Waals surface area contributed by atoms with Gasteiger partial charge in [0, 0.05) is 5.92 Å². The lowest BCUT2D eigenvalue weighted by atomic mass is 9.72. The van der Waals surface area contributed by atoms with Gasteiger partial charge in [-0.3, -0.25) is 9.59 Å². The van der Waals surface area contributed by atoms with Gasteiger partial charge in [-0.25, -0.2) is 4.98 Å². The van der Waals surface area contributed by atoms with Crippen molar-refractivity contribution in [1.82, 2.24) is 4.98 Å². The molecule has 0 aliphatic heterocycles. The maximum absolute atomic E-state index is 13.2. The number of carbonyl (C=O) groups excluding carboxylic acids is 1. The monoisotopic (exact) mass is 515 g/mol. The van der Waals surface area contributed by atoms with Crippen LogP contribution in [0.5, 0.6) is 0 Å². The Kier molecular flexibility index (Phi) is 11.8. The van der Waals surface area contributed by atoms with Crippen molar-refractivity contribution in [2.45, 2.75) is 98.5 Å². The molecule has 0 aliphatic carbocycles. The molecule has 200 valence electrons. The lowest BCUT2D eigenvalue weighted by Crippen LogP contribution is -2.42. The summed E-state index contributed by atoms with van der Waals surface area (Å²) < 4.78 is 1.26. The van der Waals surface area contributed by atoms with Crippen LogP contribution in [0.4, 0.5) is 0 Å². The SMILES string of the molecule is C=CC[C@H](C[C@@H](C)CCCC(C)CCCc1ccc2sc(C)nc2c1)C(=O)C(C)(C)[C@@H](O)CC(=O)O. The predicted molar refractivity (Wildman–Crippen MR) is 149 cm³/mol. The average Bonchev–Trinajstić information content (AvgIpc) is 3.17.